The van der Waals surface area contributed by atoms with Crippen LogP contribution in [0, 0.1) is 5.92 Å². The van der Waals surface area contributed by atoms with Gasteiger partial charge in [0.05, 0.1) is 23.6 Å². The van der Waals surface area contributed by atoms with Crippen LogP contribution in [0.1, 0.15) is 6.42 Å². The Labute approximate surface area is 157 Å². The Morgan fingerprint density at radius 1 is 1.22 bits per heavy atom. The van der Waals surface area contributed by atoms with E-state index in [0.29, 0.717) is 17.1 Å². The van der Waals surface area contributed by atoms with E-state index in [2.05, 4.69) is 4.72 Å². The maximum Gasteiger partial charge on any atom is 0.261 e. The summed E-state index contributed by atoms with van der Waals surface area (Å²) in [5.74, 6) is -0.741. The zero-order chi connectivity index (χ0) is 19.6. The van der Waals surface area contributed by atoms with Gasteiger partial charge in [-0.05, 0) is 36.4 Å². The van der Waals surface area contributed by atoms with Crippen molar-refractivity contribution in [2.24, 2.45) is 11.7 Å². The van der Waals surface area contributed by atoms with E-state index in [-0.39, 0.29) is 23.8 Å². The van der Waals surface area contributed by atoms with Crippen LogP contribution < -0.4 is 20.1 Å². The largest absolute Gasteiger partial charge is 0.497 e. The molecular weight excluding hydrogens is 370 g/mol. The first-order chi connectivity index (χ1) is 12.8. The number of carbonyl (C=O) groups excluding carboxylic acids is 2. The van der Waals surface area contributed by atoms with E-state index in [1.54, 1.807) is 24.3 Å². The molecule has 9 heteroatoms. The minimum Gasteiger partial charge on any atom is -0.497 e. The van der Waals surface area contributed by atoms with Crippen LogP contribution in [0.15, 0.2) is 53.4 Å². The lowest BCUT2D eigenvalue weighted by Crippen LogP contribution is -2.28. The number of carbonyl (C=O) groups is 2. The molecule has 2 aromatic rings. The molecule has 0 aromatic heterocycles. The van der Waals surface area contributed by atoms with E-state index in [0.717, 1.165) is 0 Å². The Bertz CT molecular complexity index is 973. The van der Waals surface area contributed by atoms with Gasteiger partial charge >= 0.3 is 0 Å². The number of hydrogen-bond acceptors (Lipinski definition) is 5. The lowest BCUT2D eigenvalue weighted by molar-refractivity contribution is -0.123. The number of nitrogens with one attached hydrogen (secondary N) is 1. The molecule has 8 nitrogen and oxygen atoms in total. The fourth-order valence-electron chi connectivity index (χ4n) is 2.85. The highest BCUT2D eigenvalue weighted by Crippen LogP contribution is 2.27. The van der Waals surface area contributed by atoms with Gasteiger partial charge in [0, 0.05) is 24.7 Å². The molecule has 1 aliphatic heterocycles. The van der Waals surface area contributed by atoms with E-state index in [9.17, 15) is 18.0 Å². The monoisotopic (exact) mass is 389 g/mol. The molecule has 1 fully saturated rings. The van der Waals surface area contributed by atoms with Crippen molar-refractivity contribution in [2.75, 3.05) is 23.3 Å². The highest BCUT2D eigenvalue weighted by molar-refractivity contribution is 7.92. The van der Waals surface area contributed by atoms with E-state index < -0.39 is 21.8 Å². The smallest absolute Gasteiger partial charge is 0.261 e. The average molecular weight is 389 g/mol. The maximum atomic E-state index is 12.5. The summed E-state index contributed by atoms with van der Waals surface area (Å²) >= 11 is 0. The summed E-state index contributed by atoms with van der Waals surface area (Å²) in [5.41, 5.74) is 6.15. The third-order valence-corrected chi connectivity index (χ3v) is 5.71. The SMILES string of the molecule is COc1cccc(NS(=O)(=O)c2ccc(N3C[C@@H](C(N)=O)CC3=O)cc2)c1. The average Bonchev–Trinajstić information content (AvgIpc) is 3.04. The first-order valence-corrected chi connectivity index (χ1v) is 9.65. The van der Waals surface area contributed by atoms with Crippen molar-refractivity contribution in [3.8, 4) is 5.75 Å². The number of benzene rings is 2. The number of hydrogen-bond donors (Lipinski definition) is 2. The van der Waals surface area contributed by atoms with Crippen molar-refractivity contribution in [3.05, 3.63) is 48.5 Å². The van der Waals surface area contributed by atoms with E-state index in [1.807, 2.05) is 0 Å². The fourth-order valence-corrected chi connectivity index (χ4v) is 3.90. The molecule has 1 saturated heterocycles. The zero-order valence-corrected chi connectivity index (χ0v) is 15.4. The second-order valence-electron chi connectivity index (χ2n) is 6.14. The third-order valence-electron chi connectivity index (χ3n) is 4.31. The number of methoxy groups -OCH3 is 1. The Morgan fingerprint density at radius 2 is 1.93 bits per heavy atom. The molecule has 0 saturated carbocycles. The van der Waals surface area contributed by atoms with Gasteiger partial charge in [-0.25, -0.2) is 8.42 Å². The van der Waals surface area contributed by atoms with Gasteiger partial charge in [0.15, 0.2) is 0 Å². The van der Waals surface area contributed by atoms with Crippen molar-refractivity contribution >= 4 is 33.2 Å². The van der Waals surface area contributed by atoms with Crippen LogP contribution in [0.4, 0.5) is 11.4 Å². The van der Waals surface area contributed by atoms with Crippen molar-refractivity contribution in [1.29, 1.82) is 0 Å². The van der Waals surface area contributed by atoms with Gasteiger partial charge in [0.1, 0.15) is 5.75 Å². The van der Waals surface area contributed by atoms with E-state index >= 15 is 0 Å². The van der Waals surface area contributed by atoms with Gasteiger partial charge in [-0.15, -0.1) is 0 Å². The number of ether oxygens (including phenoxy) is 1. The minimum atomic E-state index is -3.80. The van der Waals surface area contributed by atoms with Gasteiger partial charge in [-0.2, -0.15) is 0 Å². The van der Waals surface area contributed by atoms with Crippen LogP contribution in [0.25, 0.3) is 0 Å². The van der Waals surface area contributed by atoms with Crippen LogP contribution >= 0.6 is 0 Å². The molecule has 2 amide bonds. The van der Waals surface area contributed by atoms with Crippen LogP contribution in [0.3, 0.4) is 0 Å². The quantitative estimate of drug-likeness (QED) is 0.773. The second kappa shape index (κ2) is 7.28. The van der Waals surface area contributed by atoms with Gasteiger partial charge in [0.25, 0.3) is 10.0 Å². The molecule has 1 heterocycles. The number of nitrogens with two attached hydrogens (primary N) is 1. The molecular formula is C18H19N3O5S. The van der Waals surface area contributed by atoms with Crippen LogP contribution in [0.2, 0.25) is 0 Å². The molecule has 2 aromatic carbocycles. The Hall–Kier alpha value is -3.07. The molecule has 142 valence electrons. The predicted molar refractivity (Wildman–Crippen MR) is 99.9 cm³/mol. The summed E-state index contributed by atoms with van der Waals surface area (Å²) in [6, 6.07) is 12.4. The lowest BCUT2D eigenvalue weighted by Gasteiger charge is -2.17. The molecule has 1 aliphatic rings. The van der Waals surface area contributed by atoms with Crippen molar-refractivity contribution in [1.82, 2.24) is 0 Å². The first kappa shape index (κ1) is 18.7. The number of nitrogens with zero attached hydrogens (tertiary/aromatic N) is 1. The molecule has 0 bridgehead atoms. The summed E-state index contributed by atoms with van der Waals surface area (Å²) in [4.78, 5) is 24.8. The van der Waals surface area contributed by atoms with Crippen molar-refractivity contribution in [3.63, 3.8) is 0 Å². The molecule has 0 aliphatic carbocycles. The van der Waals surface area contributed by atoms with Gasteiger partial charge in [0.2, 0.25) is 11.8 Å². The van der Waals surface area contributed by atoms with E-state index in [4.69, 9.17) is 10.5 Å². The summed E-state index contributed by atoms with van der Waals surface area (Å²) in [6.45, 7) is 0.197. The third kappa shape index (κ3) is 4.03. The summed E-state index contributed by atoms with van der Waals surface area (Å²) < 4.78 is 32.6. The maximum absolute atomic E-state index is 12.5. The Kier molecular flexibility index (Phi) is 5.04. The second-order valence-corrected chi connectivity index (χ2v) is 7.82. The molecule has 1 atom stereocenters. The van der Waals surface area contributed by atoms with Crippen LogP contribution in [-0.2, 0) is 19.6 Å². The van der Waals surface area contributed by atoms with Gasteiger partial charge in [-0.3, -0.25) is 14.3 Å². The molecule has 0 radical (unpaired) electrons. The van der Waals surface area contributed by atoms with Crippen LogP contribution in [0.5, 0.6) is 5.75 Å². The molecule has 27 heavy (non-hydrogen) atoms. The normalized spacial score (nSPS) is 17.0. The number of rotatable bonds is 6. The number of amides is 2. The minimum absolute atomic E-state index is 0.0483. The standard InChI is InChI=1S/C18H19N3O5S/c1-26-15-4-2-3-13(10-15)20-27(24,25)16-7-5-14(6-8-16)21-11-12(18(19)23)9-17(21)22/h2-8,10,12,20H,9,11H2,1H3,(H2,19,23)/t12-/m0/s1. The Balaban J connectivity index is 1.78. The molecule has 3 N–H and O–H groups in total. The summed E-state index contributed by atoms with van der Waals surface area (Å²) in [6.07, 6.45) is 0.0623. The topological polar surface area (TPSA) is 119 Å². The molecule has 0 unspecified atom stereocenters. The lowest BCUT2D eigenvalue weighted by atomic mass is 10.1. The number of anilines is 2. The van der Waals surface area contributed by atoms with Crippen molar-refractivity contribution in [2.45, 2.75) is 11.3 Å². The van der Waals surface area contributed by atoms with Gasteiger partial charge < -0.3 is 15.4 Å². The zero-order valence-electron chi connectivity index (χ0n) is 14.6. The highest BCUT2D eigenvalue weighted by atomic mass is 32.2. The predicted octanol–water partition coefficient (Wildman–Crippen LogP) is 1.33. The molecule has 3 rings (SSSR count). The fraction of sp³-hybridized carbons (Fsp3) is 0.222. The Morgan fingerprint density at radius 3 is 2.52 bits per heavy atom. The number of sulfonamides is 1. The van der Waals surface area contributed by atoms with Crippen molar-refractivity contribution < 1.29 is 22.7 Å². The summed E-state index contributed by atoms with van der Waals surface area (Å²) in [7, 11) is -2.30. The summed E-state index contributed by atoms with van der Waals surface area (Å²) in [5, 5.41) is 0. The highest BCUT2D eigenvalue weighted by Gasteiger charge is 2.34. The van der Waals surface area contributed by atoms with E-state index in [1.165, 1.54) is 36.3 Å². The van der Waals surface area contributed by atoms with Gasteiger partial charge in [-0.1, -0.05) is 6.07 Å². The van der Waals surface area contributed by atoms with Crippen LogP contribution in [-0.4, -0.2) is 33.9 Å². The molecule has 0 spiro atoms. The first-order valence-electron chi connectivity index (χ1n) is 8.17. The number of primary amides is 1.